The van der Waals surface area contributed by atoms with E-state index in [1.54, 1.807) is 0 Å². The SMILES string of the molecule is N#Cc1cccc2c1[As]c1ccccc1N2. The van der Waals surface area contributed by atoms with Gasteiger partial charge in [-0.25, -0.2) is 0 Å². The van der Waals surface area contributed by atoms with Gasteiger partial charge in [0, 0.05) is 0 Å². The Morgan fingerprint density at radius 3 is 2.69 bits per heavy atom. The van der Waals surface area contributed by atoms with Crippen LogP contribution in [0.15, 0.2) is 42.5 Å². The van der Waals surface area contributed by atoms with Gasteiger partial charge in [-0.1, -0.05) is 0 Å². The van der Waals surface area contributed by atoms with Crippen molar-refractivity contribution in [1.82, 2.24) is 0 Å². The molecule has 1 heterocycles. The average Bonchev–Trinajstić information content (AvgIpc) is 2.35. The molecule has 75 valence electrons. The van der Waals surface area contributed by atoms with Crippen molar-refractivity contribution < 1.29 is 0 Å². The van der Waals surface area contributed by atoms with Crippen LogP contribution >= 0.6 is 0 Å². The zero-order chi connectivity index (χ0) is 11.0. The zero-order valence-corrected chi connectivity index (χ0v) is 10.3. The van der Waals surface area contributed by atoms with Crippen LogP contribution in [0, 0.1) is 11.3 Å². The molecule has 0 aliphatic carbocycles. The molecule has 0 saturated heterocycles. The number of para-hydroxylation sites is 1. The summed E-state index contributed by atoms with van der Waals surface area (Å²) < 4.78 is 2.54. The third-order valence-corrected chi connectivity index (χ3v) is 5.37. The number of nitrogens with one attached hydrogen (secondary N) is 1. The fraction of sp³-hybridized carbons (Fsp3) is 0. The Balaban J connectivity index is 2.16. The fourth-order valence-electron chi connectivity index (χ4n) is 1.80. The maximum atomic E-state index is 9.08. The predicted molar refractivity (Wildman–Crippen MR) is 65.9 cm³/mol. The standard InChI is InChI=1S/C13H8AsN2/c15-8-9-4-3-7-12-13(9)14-10-5-1-2-6-11(10)16-12/h1-7,16H. The summed E-state index contributed by atoms with van der Waals surface area (Å²) in [6.07, 6.45) is 0. The molecule has 0 atom stereocenters. The Kier molecular flexibility index (Phi) is 2.20. The Hall–Kier alpha value is -1.71. The molecular formula is C13H8AsN2. The summed E-state index contributed by atoms with van der Waals surface area (Å²) >= 11 is -0.0792. The van der Waals surface area contributed by atoms with Gasteiger partial charge in [0.05, 0.1) is 0 Å². The molecule has 3 heteroatoms. The molecular weight excluding hydrogens is 259 g/mol. The number of hydrogen-bond acceptors (Lipinski definition) is 2. The normalized spacial score (nSPS) is 13.4. The second-order valence-electron chi connectivity index (χ2n) is 3.57. The average molecular weight is 267 g/mol. The van der Waals surface area contributed by atoms with E-state index in [9.17, 15) is 0 Å². The first-order valence-corrected chi connectivity index (χ1v) is 6.87. The Morgan fingerprint density at radius 2 is 1.81 bits per heavy atom. The molecule has 0 spiro atoms. The third kappa shape index (κ3) is 1.41. The second-order valence-corrected chi connectivity index (χ2v) is 5.99. The molecule has 1 radical (unpaired) electrons. The van der Waals surface area contributed by atoms with E-state index in [2.05, 4.69) is 29.6 Å². The number of anilines is 2. The van der Waals surface area contributed by atoms with Crippen LogP contribution in [0.5, 0.6) is 0 Å². The topological polar surface area (TPSA) is 35.8 Å². The van der Waals surface area contributed by atoms with Gasteiger partial charge in [0.1, 0.15) is 0 Å². The van der Waals surface area contributed by atoms with Crippen LogP contribution in [0.4, 0.5) is 11.4 Å². The summed E-state index contributed by atoms with van der Waals surface area (Å²) in [5.74, 6) is 0. The van der Waals surface area contributed by atoms with E-state index in [1.807, 2.05) is 24.3 Å². The molecule has 0 saturated carbocycles. The predicted octanol–water partition coefficient (Wildman–Crippen LogP) is 1.27. The van der Waals surface area contributed by atoms with E-state index in [4.69, 9.17) is 5.26 Å². The van der Waals surface area contributed by atoms with Gasteiger partial charge >= 0.3 is 101 Å². The Morgan fingerprint density at radius 1 is 1.00 bits per heavy atom. The molecule has 2 aromatic rings. The van der Waals surface area contributed by atoms with Crippen molar-refractivity contribution in [1.29, 1.82) is 5.26 Å². The fourth-order valence-corrected chi connectivity index (χ4v) is 4.21. The van der Waals surface area contributed by atoms with Crippen LogP contribution in [-0.2, 0) is 0 Å². The van der Waals surface area contributed by atoms with Crippen molar-refractivity contribution in [3.63, 3.8) is 0 Å². The van der Waals surface area contributed by atoms with Crippen LogP contribution in [0.2, 0.25) is 0 Å². The maximum absolute atomic E-state index is 9.08. The molecule has 2 aromatic carbocycles. The van der Waals surface area contributed by atoms with E-state index in [1.165, 1.54) is 14.4 Å². The van der Waals surface area contributed by atoms with Crippen molar-refractivity contribution in [2.75, 3.05) is 5.32 Å². The van der Waals surface area contributed by atoms with Crippen LogP contribution in [0.1, 0.15) is 5.56 Å². The summed E-state index contributed by atoms with van der Waals surface area (Å²) in [5, 5.41) is 12.5. The first kappa shape index (κ1) is 9.51. The van der Waals surface area contributed by atoms with Crippen molar-refractivity contribution in [3.05, 3.63) is 48.0 Å². The van der Waals surface area contributed by atoms with Crippen LogP contribution in [0.25, 0.3) is 0 Å². The van der Waals surface area contributed by atoms with Gasteiger partial charge in [-0.2, -0.15) is 0 Å². The Labute approximate surface area is 101 Å². The molecule has 0 fully saturated rings. The van der Waals surface area contributed by atoms with Crippen molar-refractivity contribution >= 4 is 35.8 Å². The van der Waals surface area contributed by atoms with Crippen LogP contribution in [0.3, 0.4) is 0 Å². The molecule has 1 N–H and O–H groups in total. The van der Waals surface area contributed by atoms with Crippen molar-refractivity contribution in [2.45, 2.75) is 0 Å². The quantitative estimate of drug-likeness (QED) is 0.623. The summed E-state index contributed by atoms with van der Waals surface area (Å²) in [6, 6.07) is 16.4. The molecule has 2 nitrogen and oxygen atoms in total. The number of hydrogen-bond donors (Lipinski definition) is 1. The van der Waals surface area contributed by atoms with Gasteiger partial charge in [-0.05, 0) is 0 Å². The molecule has 0 bridgehead atoms. The number of nitriles is 1. The van der Waals surface area contributed by atoms with Gasteiger partial charge in [0.25, 0.3) is 0 Å². The molecule has 1 aliphatic rings. The van der Waals surface area contributed by atoms with Crippen molar-refractivity contribution in [2.24, 2.45) is 0 Å². The first-order chi connectivity index (χ1) is 7.88. The van der Waals surface area contributed by atoms with Gasteiger partial charge < -0.3 is 0 Å². The summed E-state index contributed by atoms with van der Waals surface area (Å²) in [7, 11) is 0. The second kappa shape index (κ2) is 3.70. The minimum atomic E-state index is -0.0792. The monoisotopic (exact) mass is 267 g/mol. The van der Waals surface area contributed by atoms with E-state index >= 15 is 0 Å². The van der Waals surface area contributed by atoms with E-state index in [0.717, 1.165) is 11.3 Å². The summed E-state index contributed by atoms with van der Waals surface area (Å²) in [5.41, 5.74) is 3.09. The van der Waals surface area contributed by atoms with Gasteiger partial charge in [0.2, 0.25) is 0 Å². The molecule has 0 aromatic heterocycles. The summed E-state index contributed by atoms with van der Waals surface area (Å²) in [4.78, 5) is 0. The molecule has 3 rings (SSSR count). The first-order valence-electron chi connectivity index (χ1n) is 4.99. The van der Waals surface area contributed by atoms with Crippen LogP contribution in [-0.4, -0.2) is 15.8 Å². The van der Waals surface area contributed by atoms with Crippen molar-refractivity contribution in [3.8, 4) is 6.07 Å². The van der Waals surface area contributed by atoms with E-state index < -0.39 is 0 Å². The van der Waals surface area contributed by atoms with Gasteiger partial charge in [-0.3, -0.25) is 0 Å². The van der Waals surface area contributed by atoms with Gasteiger partial charge in [0.15, 0.2) is 0 Å². The van der Waals surface area contributed by atoms with Crippen LogP contribution < -0.4 is 14.0 Å². The molecule has 0 unspecified atom stereocenters. The number of benzene rings is 2. The van der Waals surface area contributed by atoms with E-state index in [0.29, 0.717) is 0 Å². The number of rotatable bonds is 0. The zero-order valence-electron chi connectivity index (χ0n) is 8.44. The number of nitrogens with zero attached hydrogens (tertiary/aromatic N) is 1. The van der Waals surface area contributed by atoms with E-state index in [-0.39, 0.29) is 15.8 Å². The number of fused-ring (bicyclic) bond motifs is 2. The Bertz CT molecular complexity index is 599. The molecule has 0 amide bonds. The summed E-state index contributed by atoms with van der Waals surface area (Å²) in [6.45, 7) is 0. The minimum absolute atomic E-state index is 0.0792. The molecule has 16 heavy (non-hydrogen) atoms. The van der Waals surface area contributed by atoms with Gasteiger partial charge in [-0.15, -0.1) is 0 Å². The third-order valence-electron chi connectivity index (χ3n) is 2.56. The molecule has 1 aliphatic heterocycles.